The second-order valence-electron chi connectivity index (χ2n) is 6.46. The number of carbonyl (C=O) groups is 2. The first kappa shape index (κ1) is 15.7. The number of nitrogens with one attached hydrogen (secondary N) is 1. The highest BCUT2D eigenvalue weighted by Crippen LogP contribution is 2.58. The number of aromatic nitrogens is 2. The molecule has 2 aromatic heterocycles. The van der Waals surface area contributed by atoms with Crippen LogP contribution in [0.25, 0.3) is 10.2 Å². The summed E-state index contributed by atoms with van der Waals surface area (Å²) in [5, 5.41) is 11.0. The summed E-state index contributed by atoms with van der Waals surface area (Å²) < 4.78 is 0.553. The van der Waals surface area contributed by atoms with Gasteiger partial charge in [-0.15, -0.1) is 11.3 Å². The second-order valence-corrected chi connectivity index (χ2v) is 7.37. The topological polar surface area (TPSA) is 103 Å². The number of carboxylic acid groups (broad SMARTS) is 1. The van der Waals surface area contributed by atoms with Crippen molar-refractivity contribution in [1.29, 1.82) is 0 Å². The van der Waals surface area contributed by atoms with Crippen molar-refractivity contribution in [2.45, 2.75) is 20.4 Å². The van der Waals surface area contributed by atoms with Crippen molar-refractivity contribution < 1.29 is 14.7 Å². The van der Waals surface area contributed by atoms with Crippen LogP contribution in [-0.2, 0) is 16.1 Å². The number of fused-ring (bicyclic) bond motifs is 1. The van der Waals surface area contributed by atoms with E-state index in [-0.39, 0.29) is 18.0 Å². The van der Waals surface area contributed by atoms with E-state index >= 15 is 0 Å². The molecule has 0 unspecified atom stereocenters. The van der Waals surface area contributed by atoms with Gasteiger partial charge in [0.15, 0.2) is 0 Å². The van der Waals surface area contributed by atoms with E-state index in [2.05, 4.69) is 9.97 Å². The quantitative estimate of drug-likeness (QED) is 0.876. The number of H-pyrrole nitrogens is 1. The molecule has 0 aromatic carbocycles. The highest BCUT2D eigenvalue weighted by Gasteiger charge is 2.66. The van der Waals surface area contributed by atoms with E-state index in [1.54, 1.807) is 32.3 Å². The maximum absolute atomic E-state index is 12.5. The number of aromatic amines is 1. The lowest BCUT2D eigenvalue weighted by Crippen LogP contribution is -2.31. The maximum atomic E-state index is 12.5. The number of amides is 1. The SMILES string of the molecule is CN(Cc1nc2ccsc2c(=O)[nH]1)C(=O)[C@@H]1[C@H](C(=O)O)C1(C)C. The summed E-state index contributed by atoms with van der Waals surface area (Å²) in [5.41, 5.74) is -0.171. The first-order chi connectivity index (χ1) is 10.7. The molecule has 2 N–H and O–H groups in total. The molecule has 3 rings (SSSR count). The van der Waals surface area contributed by atoms with Gasteiger partial charge in [0.1, 0.15) is 10.5 Å². The van der Waals surface area contributed by atoms with Crippen LogP contribution in [0.15, 0.2) is 16.2 Å². The predicted molar refractivity (Wildman–Crippen MR) is 85.1 cm³/mol. The van der Waals surface area contributed by atoms with Crippen LogP contribution in [0.3, 0.4) is 0 Å². The van der Waals surface area contributed by atoms with E-state index in [0.29, 0.717) is 16.0 Å². The van der Waals surface area contributed by atoms with Gasteiger partial charge in [0, 0.05) is 7.05 Å². The van der Waals surface area contributed by atoms with Gasteiger partial charge in [0.25, 0.3) is 5.56 Å². The maximum Gasteiger partial charge on any atom is 0.307 e. The Morgan fingerprint density at radius 1 is 1.43 bits per heavy atom. The van der Waals surface area contributed by atoms with E-state index in [1.165, 1.54) is 16.2 Å². The largest absolute Gasteiger partial charge is 0.481 e. The van der Waals surface area contributed by atoms with Crippen molar-refractivity contribution in [3.05, 3.63) is 27.6 Å². The number of thiophene rings is 1. The van der Waals surface area contributed by atoms with E-state index in [0.717, 1.165) is 0 Å². The molecule has 2 atom stereocenters. The molecule has 1 fully saturated rings. The zero-order valence-corrected chi connectivity index (χ0v) is 13.8. The molecule has 1 amide bonds. The molecule has 8 heteroatoms. The fourth-order valence-electron chi connectivity index (χ4n) is 3.10. The Morgan fingerprint density at radius 3 is 2.74 bits per heavy atom. The standard InChI is InChI=1S/C15H17N3O4S/c1-15(2)9(10(15)14(21)22)13(20)18(3)6-8-16-7-4-5-23-11(7)12(19)17-8/h4-5,9-10H,6H2,1-3H3,(H,21,22)(H,16,17,19)/t9-,10+/m0/s1. The average molecular weight is 335 g/mol. The van der Waals surface area contributed by atoms with Crippen LogP contribution in [0.2, 0.25) is 0 Å². The van der Waals surface area contributed by atoms with Crippen LogP contribution < -0.4 is 5.56 Å². The summed E-state index contributed by atoms with van der Waals surface area (Å²) in [6.45, 7) is 3.69. The molecule has 0 saturated heterocycles. The van der Waals surface area contributed by atoms with Crippen LogP contribution in [-0.4, -0.2) is 38.9 Å². The third kappa shape index (κ3) is 2.52. The fourth-order valence-corrected chi connectivity index (χ4v) is 3.82. The van der Waals surface area contributed by atoms with E-state index in [1.807, 2.05) is 0 Å². The third-order valence-corrected chi connectivity index (χ3v) is 5.39. The molecule has 1 aliphatic carbocycles. The summed E-state index contributed by atoms with van der Waals surface area (Å²) in [6, 6.07) is 1.75. The van der Waals surface area contributed by atoms with Crippen LogP contribution in [0.1, 0.15) is 19.7 Å². The van der Waals surface area contributed by atoms with Gasteiger partial charge in [-0.1, -0.05) is 13.8 Å². The highest BCUT2D eigenvalue weighted by atomic mass is 32.1. The van der Waals surface area contributed by atoms with E-state index in [9.17, 15) is 19.5 Å². The Labute approximate surface area is 136 Å². The molecular formula is C15H17N3O4S. The van der Waals surface area contributed by atoms with Crippen molar-refractivity contribution in [2.75, 3.05) is 7.05 Å². The van der Waals surface area contributed by atoms with Crippen LogP contribution >= 0.6 is 11.3 Å². The van der Waals surface area contributed by atoms with Crippen LogP contribution in [0.4, 0.5) is 0 Å². The number of rotatable bonds is 4. The zero-order valence-electron chi connectivity index (χ0n) is 13.0. The smallest absolute Gasteiger partial charge is 0.307 e. The lowest BCUT2D eigenvalue weighted by atomic mass is 10.1. The minimum absolute atomic E-state index is 0.138. The van der Waals surface area contributed by atoms with Crippen molar-refractivity contribution in [2.24, 2.45) is 17.3 Å². The number of hydrogen-bond acceptors (Lipinski definition) is 5. The number of carbonyl (C=O) groups excluding carboxylic acids is 1. The first-order valence-electron chi connectivity index (χ1n) is 7.17. The highest BCUT2D eigenvalue weighted by molar-refractivity contribution is 7.17. The average Bonchev–Trinajstić information content (AvgIpc) is 2.82. The zero-order chi connectivity index (χ0) is 16.9. The van der Waals surface area contributed by atoms with Gasteiger partial charge in [0.2, 0.25) is 5.91 Å². The summed E-state index contributed by atoms with van der Waals surface area (Å²) >= 11 is 1.31. The molecule has 2 aromatic rings. The Bertz CT molecular complexity index is 854. The lowest BCUT2D eigenvalue weighted by molar-refractivity contribution is -0.141. The summed E-state index contributed by atoms with van der Waals surface area (Å²) in [5.74, 6) is -2.00. The number of nitrogens with zero attached hydrogens (tertiary/aromatic N) is 2. The summed E-state index contributed by atoms with van der Waals surface area (Å²) in [6.07, 6.45) is 0. The van der Waals surface area contributed by atoms with E-state index in [4.69, 9.17) is 0 Å². The van der Waals surface area contributed by atoms with Gasteiger partial charge in [-0.2, -0.15) is 0 Å². The number of carboxylic acids is 1. The van der Waals surface area contributed by atoms with Crippen molar-refractivity contribution in [1.82, 2.24) is 14.9 Å². The molecule has 122 valence electrons. The molecule has 1 aliphatic rings. The van der Waals surface area contributed by atoms with Crippen molar-refractivity contribution in [3.63, 3.8) is 0 Å². The molecular weight excluding hydrogens is 318 g/mol. The lowest BCUT2D eigenvalue weighted by Gasteiger charge is -2.17. The monoisotopic (exact) mass is 335 g/mol. The van der Waals surface area contributed by atoms with Gasteiger partial charge in [0.05, 0.1) is 23.9 Å². The molecule has 1 saturated carbocycles. The number of aliphatic carboxylic acids is 1. The Kier molecular flexibility index (Phi) is 3.51. The predicted octanol–water partition coefficient (Wildman–Crippen LogP) is 1.30. The van der Waals surface area contributed by atoms with E-state index < -0.39 is 23.2 Å². The van der Waals surface area contributed by atoms with Crippen molar-refractivity contribution >= 4 is 33.4 Å². The minimum Gasteiger partial charge on any atom is -0.481 e. The molecule has 0 radical (unpaired) electrons. The molecule has 2 heterocycles. The minimum atomic E-state index is -0.951. The third-order valence-electron chi connectivity index (χ3n) is 4.49. The molecule has 0 aliphatic heterocycles. The first-order valence-corrected chi connectivity index (χ1v) is 8.05. The van der Waals surface area contributed by atoms with Crippen LogP contribution in [0, 0.1) is 17.3 Å². The fraction of sp³-hybridized carbons (Fsp3) is 0.467. The molecule has 0 spiro atoms. The van der Waals surface area contributed by atoms with Gasteiger partial charge in [-0.05, 0) is 16.9 Å². The summed E-state index contributed by atoms with van der Waals surface area (Å²) in [4.78, 5) is 44.1. The van der Waals surface area contributed by atoms with Gasteiger partial charge >= 0.3 is 5.97 Å². The Morgan fingerprint density at radius 2 is 2.13 bits per heavy atom. The molecule has 7 nitrogen and oxygen atoms in total. The normalized spacial score (nSPS) is 22.0. The van der Waals surface area contributed by atoms with Gasteiger partial charge < -0.3 is 15.0 Å². The Hall–Kier alpha value is -2.22. The molecule has 23 heavy (non-hydrogen) atoms. The van der Waals surface area contributed by atoms with Gasteiger partial charge in [-0.25, -0.2) is 4.98 Å². The number of hydrogen-bond donors (Lipinski definition) is 2. The van der Waals surface area contributed by atoms with Gasteiger partial charge in [-0.3, -0.25) is 14.4 Å². The Balaban J connectivity index is 1.78. The van der Waals surface area contributed by atoms with Crippen LogP contribution in [0.5, 0.6) is 0 Å². The molecule has 0 bridgehead atoms. The second kappa shape index (κ2) is 5.16. The van der Waals surface area contributed by atoms with Crippen molar-refractivity contribution in [3.8, 4) is 0 Å². The summed E-state index contributed by atoms with van der Waals surface area (Å²) in [7, 11) is 1.59.